The van der Waals surface area contributed by atoms with E-state index in [1.54, 1.807) is 36.4 Å². The van der Waals surface area contributed by atoms with Crippen molar-refractivity contribution in [2.45, 2.75) is 11.3 Å². The molecule has 2 aromatic rings. The minimum Gasteiger partial charge on any atom is -0.493 e. The van der Waals surface area contributed by atoms with E-state index < -0.39 is 9.84 Å². The Morgan fingerprint density at radius 1 is 0.963 bits per heavy atom. The Labute approximate surface area is 165 Å². The molecule has 0 aliphatic carbocycles. The lowest BCUT2D eigenvalue weighted by Gasteiger charge is -2.09. The van der Waals surface area contributed by atoms with Crippen LogP contribution in [0.25, 0.3) is 0 Å². The van der Waals surface area contributed by atoms with Crippen molar-refractivity contribution in [3.05, 3.63) is 48.5 Å². The highest BCUT2D eigenvalue weighted by Crippen LogP contribution is 2.17. The molecule has 0 unspecified atom stereocenters. The van der Waals surface area contributed by atoms with Crippen LogP contribution >= 0.6 is 12.4 Å². The fourth-order valence-electron chi connectivity index (χ4n) is 2.08. The summed E-state index contributed by atoms with van der Waals surface area (Å²) in [6.45, 7) is 1.06. The van der Waals surface area contributed by atoms with Crippen molar-refractivity contribution in [2.75, 3.05) is 31.3 Å². The molecule has 0 aliphatic rings. The average Bonchev–Trinajstić information content (AvgIpc) is 2.61. The van der Waals surface area contributed by atoms with Crippen LogP contribution in [0.5, 0.6) is 11.5 Å². The monoisotopic (exact) mass is 414 g/mol. The van der Waals surface area contributed by atoms with Gasteiger partial charge in [-0.05, 0) is 48.5 Å². The molecule has 0 atom stereocenters. The van der Waals surface area contributed by atoms with Gasteiger partial charge in [-0.3, -0.25) is 4.79 Å². The van der Waals surface area contributed by atoms with Gasteiger partial charge < -0.3 is 20.5 Å². The third kappa shape index (κ3) is 7.86. The van der Waals surface area contributed by atoms with E-state index in [2.05, 4.69) is 5.32 Å². The molecular formula is C18H23ClN2O5S. The number of nitrogens with one attached hydrogen (secondary N) is 1. The van der Waals surface area contributed by atoms with Crippen LogP contribution < -0.4 is 20.5 Å². The van der Waals surface area contributed by atoms with Crippen molar-refractivity contribution in [1.29, 1.82) is 0 Å². The number of sulfone groups is 1. The van der Waals surface area contributed by atoms with E-state index in [1.165, 1.54) is 12.1 Å². The fourth-order valence-corrected chi connectivity index (χ4v) is 2.71. The molecule has 0 saturated carbocycles. The van der Waals surface area contributed by atoms with Gasteiger partial charge in [-0.25, -0.2) is 8.42 Å². The molecular weight excluding hydrogens is 392 g/mol. The van der Waals surface area contributed by atoms with Crippen LogP contribution in [-0.4, -0.2) is 40.3 Å². The zero-order valence-electron chi connectivity index (χ0n) is 14.9. The second kappa shape index (κ2) is 10.8. The van der Waals surface area contributed by atoms with Crippen LogP contribution in [0.1, 0.15) is 6.42 Å². The minimum absolute atomic E-state index is 0. The van der Waals surface area contributed by atoms with Gasteiger partial charge in [0, 0.05) is 18.5 Å². The van der Waals surface area contributed by atoms with Gasteiger partial charge in [0.25, 0.3) is 0 Å². The summed E-state index contributed by atoms with van der Waals surface area (Å²) in [6, 6.07) is 13.1. The molecule has 7 nitrogen and oxygen atoms in total. The number of carbonyl (C=O) groups is 1. The SMILES string of the molecule is CS(=O)(=O)c1ccc(OCCC(=O)Nc2ccc(OCCN)cc2)cc1.Cl. The van der Waals surface area contributed by atoms with Gasteiger partial charge in [-0.2, -0.15) is 0 Å². The highest BCUT2D eigenvalue weighted by molar-refractivity contribution is 7.90. The highest BCUT2D eigenvalue weighted by Gasteiger charge is 2.07. The van der Waals surface area contributed by atoms with Crippen LogP contribution in [0.2, 0.25) is 0 Å². The molecule has 148 valence electrons. The summed E-state index contributed by atoms with van der Waals surface area (Å²) in [7, 11) is -3.23. The van der Waals surface area contributed by atoms with Gasteiger partial charge in [-0.15, -0.1) is 12.4 Å². The van der Waals surface area contributed by atoms with Crippen LogP contribution in [-0.2, 0) is 14.6 Å². The molecule has 0 bridgehead atoms. The first-order valence-corrected chi connectivity index (χ1v) is 9.93. The predicted molar refractivity (Wildman–Crippen MR) is 107 cm³/mol. The summed E-state index contributed by atoms with van der Waals surface area (Å²) >= 11 is 0. The highest BCUT2D eigenvalue weighted by atomic mass is 35.5. The number of amides is 1. The Bertz CT molecular complexity index is 824. The van der Waals surface area contributed by atoms with Gasteiger partial charge in [0.05, 0.1) is 17.9 Å². The Morgan fingerprint density at radius 3 is 2.00 bits per heavy atom. The Hall–Kier alpha value is -2.29. The molecule has 3 N–H and O–H groups in total. The van der Waals surface area contributed by atoms with Gasteiger partial charge in [-0.1, -0.05) is 0 Å². The predicted octanol–water partition coefficient (Wildman–Crippen LogP) is 2.26. The fraction of sp³-hybridized carbons (Fsp3) is 0.278. The molecule has 0 fully saturated rings. The largest absolute Gasteiger partial charge is 0.493 e. The molecule has 0 saturated heterocycles. The van der Waals surface area contributed by atoms with Gasteiger partial charge >= 0.3 is 0 Å². The first-order chi connectivity index (χ1) is 12.4. The Morgan fingerprint density at radius 2 is 1.48 bits per heavy atom. The van der Waals surface area contributed by atoms with E-state index in [0.717, 1.165) is 6.26 Å². The molecule has 1 amide bonds. The summed E-state index contributed by atoms with van der Waals surface area (Å²) in [6.07, 6.45) is 1.31. The summed E-state index contributed by atoms with van der Waals surface area (Å²) in [5, 5.41) is 2.76. The van der Waals surface area contributed by atoms with E-state index in [-0.39, 0.29) is 36.2 Å². The van der Waals surface area contributed by atoms with E-state index in [1.807, 2.05) is 0 Å². The molecule has 9 heteroatoms. The lowest BCUT2D eigenvalue weighted by atomic mass is 10.3. The molecule has 2 rings (SSSR count). The van der Waals surface area contributed by atoms with E-state index in [0.29, 0.717) is 30.3 Å². The number of benzene rings is 2. The number of halogens is 1. The number of ether oxygens (including phenoxy) is 2. The van der Waals surface area contributed by atoms with Crippen LogP contribution in [0, 0.1) is 0 Å². The number of carbonyl (C=O) groups excluding carboxylic acids is 1. The lowest BCUT2D eigenvalue weighted by Crippen LogP contribution is -2.15. The van der Waals surface area contributed by atoms with Crippen molar-refractivity contribution in [3.8, 4) is 11.5 Å². The zero-order valence-corrected chi connectivity index (χ0v) is 16.5. The Balaban J connectivity index is 0.00000364. The van der Waals surface area contributed by atoms with Crippen LogP contribution in [0.3, 0.4) is 0 Å². The van der Waals surface area contributed by atoms with Gasteiger partial charge in [0.15, 0.2) is 9.84 Å². The molecule has 0 radical (unpaired) electrons. The van der Waals surface area contributed by atoms with E-state index >= 15 is 0 Å². The smallest absolute Gasteiger partial charge is 0.227 e. The molecule has 0 aliphatic heterocycles. The zero-order chi connectivity index (χ0) is 19.0. The van der Waals surface area contributed by atoms with Gasteiger partial charge in [0.1, 0.15) is 18.1 Å². The first kappa shape index (κ1) is 22.8. The maximum absolute atomic E-state index is 11.9. The normalized spacial score (nSPS) is 10.6. The summed E-state index contributed by atoms with van der Waals surface area (Å²) < 4.78 is 33.6. The lowest BCUT2D eigenvalue weighted by molar-refractivity contribution is -0.116. The van der Waals surface area contributed by atoms with Crippen LogP contribution in [0.15, 0.2) is 53.4 Å². The molecule has 0 spiro atoms. The maximum Gasteiger partial charge on any atom is 0.227 e. The standard InChI is InChI=1S/C18H22N2O5S.ClH/c1-26(22,23)17-8-6-16(7-9-17)24-12-10-18(21)20-14-2-4-15(5-3-14)25-13-11-19;/h2-9H,10-13,19H2,1H3,(H,20,21);1H. The van der Waals surface area contributed by atoms with Crippen molar-refractivity contribution in [3.63, 3.8) is 0 Å². The number of hydrogen-bond acceptors (Lipinski definition) is 6. The van der Waals surface area contributed by atoms with Crippen molar-refractivity contribution in [1.82, 2.24) is 0 Å². The van der Waals surface area contributed by atoms with Crippen molar-refractivity contribution in [2.24, 2.45) is 5.73 Å². The number of anilines is 1. The molecule has 0 aromatic heterocycles. The molecule has 2 aromatic carbocycles. The molecule has 27 heavy (non-hydrogen) atoms. The quantitative estimate of drug-likeness (QED) is 0.651. The average molecular weight is 415 g/mol. The number of hydrogen-bond donors (Lipinski definition) is 2. The minimum atomic E-state index is -3.23. The van der Waals surface area contributed by atoms with E-state index in [9.17, 15) is 13.2 Å². The van der Waals surface area contributed by atoms with E-state index in [4.69, 9.17) is 15.2 Å². The number of nitrogens with two attached hydrogens (primary N) is 1. The first-order valence-electron chi connectivity index (χ1n) is 8.04. The second-order valence-corrected chi connectivity index (χ2v) is 7.57. The topological polar surface area (TPSA) is 108 Å². The maximum atomic E-state index is 11.9. The van der Waals surface area contributed by atoms with Crippen LogP contribution in [0.4, 0.5) is 5.69 Å². The van der Waals surface area contributed by atoms with Crippen molar-refractivity contribution >= 4 is 33.8 Å². The third-order valence-electron chi connectivity index (χ3n) is 3.37. The van der Waals surface area contributed by atoms with Crippen molar-refractivity contribution < 1.29 is 22.7 Å². The second-order valence-electron chi connectivity index (χ2n) is 5.55. The number of rotatable bonds is 9. The molecule has 0 heterocycles. The summed E-state index contributed by atoms with van der Waals surface area (Å²) in [5.41, 5.74) is 6.03. The van der Waals surface area contributed by atoms with Gasteiger partial charge in [0.2, 0.25) is 5.91 Å². The third-order valence-corrected chi connectivity index (χ3v) is 4.50. The summed E-state index contributed by atoms with van der Waals surface area (Å²) in [5.74, 6) is 1.01. The Kier molecular flexibility index (Phi) is 9.07. The summed E-state index contributed by atoms with van der Waals surface area (Å²) in [4.78, 5) is 12.2.